The molecule has 0 radical (unpaired) electrons. The van der Waals surface area contributed by atoms with Gasteiger partial charge in [0.2, 0.25) is 10.0 Å². The van der Waals surface area contributed by atoms with Crippen LogP contribution in [0.3, 0.4) is 0 Å². The lowest BCUT2D eigenvalue weighted by Crippen LogP contribution is -2.44. The number of ether oxygens (including phenoxy) is 2. The van der Waals surface area contributed by atoms with Gasteiger partial charge in [-0.2, -0.15) is 4.31 Å². The lowest BCUT2D eigenvalue weighted by Gasteiger charge is -2.32. The van der Waals surface area contributed by atoms with Crippen molar-refractivity contribution in [2.24, 2.45) is 5.14 Å². The molecule has 1 atom stereocenters. The SMILES string of the molecule is CCN[C@H]1CN(CCOCCOC)S(=O)(=O)c2sc(S(N)(=O)=O)cc21.Cl. The predicted molar refractivity (Wildman–Crippen MR) is 101 cm³/mol. The lowest BCUT2D eigenvalue weighted by atomic mass is 10.1. The number of primary sulfonamides is 1. The summed E-state index contributed by atoms with van der Waals surface area (Å²) in [5.74, 6) is 0. The number of halogens is 1. The number of sulfonamides is 2. The summed E-state index contributed by atoms with van der Waals surface area (Å²) in [6, 6.07) is 1.06. The van der Waals surface area contributed by atoms with Gasteiger partial charge in [0.25, 0.3) is 10.0 Å². The Labute approximate surface area is 164 Å². The molecule has 0 unspecified atom stereocenters. The quantitative estimate of drug-likeness (QED) is 0.513. The Morgan fingerprint density at radius 1 is 1.38 bits per heavy atom. The first-order valence-corrected chi connectivity index (χ1v) is 11.5. The molecule has 1 aromatic heterocycles. The van der Waals surface area contributed by atoms with Crippen LogP contribution in [0.2, 0.25) is 0 Å². The third-order valence-corrected chi connectivity index (χ3v) is 8.65. The molecular weight excluding hydrogens is 426 g/mol. The van der Waals surface area contributed by atoms with Gasteiger partial charge in [-0.1, -0.05) is 6.92 Å². The molecule has 9 nitrogen and oxygen atoms in total. The fourth-order valence-corrected chi connectivity index (χ4v) is 6.76. The zero-order valence-electron chi connectivity index (χ0n) is 14.5. The summed E-state index contributed by atoms with van der Waals surface area (Å²) in [5.41, 5.74) is 0.451. The average molecular weight is 450 g/mol. The van der Waals surface area contributed by atoms with Crippen molar-refractivity contribution in [2.45, 2.75) is 21.4 Å². The number of nitrogens with zero attached hydrogens (tertiary/aromatic N) is 1. The molecule has 1 aromatic rings. The van der Waals surface area contributed by atoms with Crippen molar-refractivity contribution in [3.63, 3.8) is 0 Å². The van der Waals surface area contributed by atoms with E-state index in [-0.39, 0.29) is 46.6 Å². The van der Waals surface area contributed by atoms with E-state index in [1.807, 2.05) is 6.92 Å². The van der Waals surface area contributed by atoms with E-state index >= 15 is 0 Å². The van der Waals surface area contributed by atoms with Gasteiger partial charge in [-0.15, -0.1) is 23.7 Å². The van der Waals surface area contributed by atoms with Gasteiger partial charge in [0.1, 0.15) is 8.42 Å². The van der Waals surface area contributed by atoms with Gasteiger partial charge in [0.15, 0.2) is 0 Å². The van der Waals surface area contributed by atoms with E-state index in [0.29, 0.717) is 36.7 Å². The first kappa shape index (κ1) is 23.7. The summed E-state index contributed by atoms with van der Waals surface area (Å²) >= 11 is 0.687. The molecule has 3 N–H and O–H groups in total. The second-order valence-corrected chi connectivity index (χ2v) is 10.4. The third kappa shape index (κ3) is 5.36. The summed E-state index contributed by atoms with van der Waals surface area (Å²) in [7, 11) is -6.19. The summed E-state index contributed by atoms with van der Waals surface area (Å²) in [6.45, 7) is 3.93. The number of hydrogen-bond acceptors (Lipinski definition) is 8. The maximum Gasteiger partial charge on any atom is 0.253 e. The van der Waals surface area contributed by atoms with Crippen LogP contribution in [0.1, 0.15) is 18.5 Å². The van der Waals surface area contributed by atoms with Crippen LogP contribution >= 0.6 is 23.7 Å². The highest BCUT2D eigenvalue weighted by Crippen LogP contribution is 2.39. The number of rotatable bonds is 9. The van der Waals surface area contributed by atoms with Gasteiger partial charge >= 0.3 is 0 Å². The first-order chi connectivity index (χ1) is 11.7. The molecule has 0 aliphatic carbocycles. The Bertz CT molecular complexity index is 796. The third-order valence-electron chi connectivity index (χ3n) is 3.69. The Hall–Kier alpha value is -0.310. The predicted octanol–water partition coefficient (Wildman–Crippen LogP) is 0.135. The van der Waals surface area contributed by atoms with E-state index < -0.39 is 20.0 Å². The van der Waals surface area contributed by atoms with Crippen molar-refractivity contribution in [3.05, 3.63) is 11.6 Å². The summed E-state index contributed by atoms with van der Waals surface area (Å²) in [6.07, 6.45) is 0. The summed E-state index contributed by atoms with van der Waals surface area (Å²) in [5, 5.41) is 8.35. The molecule has 1 aliphatic heterocycles. The van der Waals surface area contributed by atoms with Crippen molar-refractivity contribution in [3.8, 4) is 0 Å². The fourth-order valence-electron chi connectivity index (χ4n) is 2.51. The molecule has 0 saturated carbocycles. The van der Waals surface area contributed by atoms with Gasteiger partial charge < -0.3 is 14.8 Å². The molecule has 13 heteroatoms. The van der Waals surface area contributed by atoms with Crippen LogP contribution in [-0.2, 0) is 29.5 Å². The van der Waals surface area contributed by atoms with Crippen LogP contribution in [0.4, 0.5) is 0 Å². The molecule has 0 aromatic carbocycles. The number of likely N-dealkylation sites (N-methyl/N-ethyl adjacent to an activating group) is 1. The highest BCUT2D eigenvalue weighted by Gasteiger charge is 2.39. The molecule has 0 bridgehead atoms. The summed E-state index contributed by atoms with van der Waals surface area (Å²) < 4.78 is 60.2. The minimum absolute atomic E-state index is 0. The number of fused-ring (bicyclic) bond motifs is 1. The smallest absolute Gasteiger partial charge is 0.253 e. The largest absolute Gasteiger partial charge is 0.382 e. The molecule has 2 heterocycles. The van der Waals surface area contributed by atoms with Crippen LogP contribution in [0.15, 0.2) is 14.5 Å². The van der Waals surface area contributed by atoms with Gasteiger partial charge in [-0.05, 0) is 12.6 Å². The lowest BCUT2D eigenvalue weighted by molar-refractivity contribution is 0.0649. The standard InChI is InChI=1S/C13H23N3O6S3.ClH/c1-3-15-11-9-16(4-5-22-7-6-21-2)25(19,20)13-10(11)8-12(23-13)24(14,17)18;/h8,11,15H,3-7,9H2,1-2H3,(H2,14,17,18);1H/t11-;/m0./s1. The number of nitrogens with one attached hydrogen (secondary N) is 1. The topological polar surface area (TPSA) is 128 Å². The van der Waals surface area contributed by atoms with E-state index in [4.69, 9.17) is 14.6 Å². The fraction of sp³-hybridized carbons (Fsp3) is 0.692. The molecule has 0 spiro atoms. The molecule has 152 valence electrons. The monoisotopic (exact) mass is 449 g/mol. The minimum Gasteiger partial charge on any atom is -0.382 e. The average Bonchev–Trinajstić information content (AvgIpc) is 2.98. The second kappa shape index (κ2) is 9.75. The van der Waals surface area contributed by atoms with E-state index in [1.54, 1.807) is 7.11 Å². The Kier molecular flexibility index (Phi) is 8.90. The Morgan fingerprint density at radius 2 is 2.08 bits per heavy atom. The maximum atomic E-state index is 12.8. The zero-order valence-corrected chi connectivity index (χ0v) is 17.8. The van der Waals surface area contributed by atoms with Gasteiger partial charge in [0, 0.05) is 31.8 Å². The van der Waals surface area contributed by atoms with Crippen LogP contribution in [0.25, 0.3) is 0 Å². The van der Waals surface area contributed by atoms with Gasteiger partial charge in [0.05, 0.1) is 19.8 Å². The van der Waals surface area contributed by atoms with Crippen LogP contribution in [-0.4, -0.2) is 67.7 Å². The van der Waals surface area contributed by atoms with E-state index in [9.17, 15) is 16.8 Å². The number of methoxy groups -OCH3 is 1. The zero-order chi connectivity index (χ0) is 18.7. The van der Waals surface area contributed by atoms with Crippen molar-refractivity contribution in [2.75, 3.05) is 46.6 Å². The van der Waals surface area contributed by atoms with Crippen molar-refractivity contribution in [1.82, 2.24) is 9.62 Å². The van der Waals surface area contributed by atoms with Crippen LogP contribution in [0.5, 0.6) is 0 Å². The molecule has 2 rings (SSSR count). The number of thiophene rings is 1. The second-order valence-electron chi connectivity index (χ2n) is 5.43. The van der Waals surface area contributed by atoms with Crippen molar-refractivity contribution >= 4 is 43.8 Å². The van der Waals surface area contributed by atoms with E-state index in [0.717, 1.165) is 0 Å². The highest BCUT2D eigenvalue weighted by atomic mass is 35.5. The Morgan fingerprint density at radius 3 is 2.65 bits per heavy atom. The van der Waals surface area contributed by atoms with Gasteiger partial charge in [-0.25, -0.2) is 22.0 Å². The molecule has 0 saturated heterocycles. The Balaban J connectivity index is 0.00000338. The minimum atomic E-state index is -3.96. The van der Waals surface area contributed by atoms with Crippen molar-refractivity contribution in [1.29, 1.82) is 0 Å². The normalized spacial score (nSPS) is 19.7. The van der Waals surface area contributed by atoms with Gasteiger partial charge in [-0.3, -0.25) is 0 Å². The van der Waals surface area contributed by atoms with Crippen LogP contribution < -0.4 is 10.5 Å². The first-order valence-electron chi connectivity index (χ1n) is 7.68. The van der Waals surface area contributed by atoms with E-state index in [1.165, 1.54) is 10.4 Å². The molecule has 26 heavy (non-hydrogen) atoms. The maximum absolute atomic E-state index is 12.8. The molecule has 1 aliphatic rings. The van der Waals surface area contributed by atoms with Crippen LogP contribution in [0, 0.1) is 0 Å². The number of nitrogens with two attached hydrogens (primary N) is 1. The summed E-state index contributed by atoms with van der Waals surface area (Å²) in [4.78, 5) is 0. The highest BCUT2D eigenvalue weighted by molar-refractivity contribution is 7.94. The molecular formula is C13H24ClN3O6S3. The number of hydrogen-bond donors (Lipinski definition) is 2. The molecule has 0 fully saturated rings. The van der Waals surface area contributed by atoms with Crippen molar-refractivity contribution < 1.29 is 26.3 Å². The van der Waals surface area contributed by atoms with E-state index in [2.05, 4.69) is 5.32 Å². The molecule has 0 amide bonds.